The fourth-order valence-electron chi connectivity index (χ4n) is 3.26. The molecule has 4 nitrogen and oxygen atoms in total. The average Bonchev–Trinajstić information content (AvgIpc) is 2.67. The third-order valence-corrected chi connectivity index (χ3v) is 4.78. The van der Waals surface area contributed by atoms with Gasteiger partial charge < -0.3 is 14.8 Å². The topological polar surface area (TPSA) is 47.6 Å². The zero-order chi connectivity index (χ0) is 17.5. The molecule has 0 atom stereocenters. The molecule has 132 valence electrons. The van der Waals surface area contributed by atoms with Crippen molar-refractivity contribution in [2.75, 3.05) is 26.4 Å². The Morgan fingerprint density at radius 2 is 1.76 bits per heavy atom. The second-order valence-corrected chi connectivity index (χ2v) is 6.48. The molecule has 0 aromatic heterocycles. The van der Waals surface area contributed by atoms with E-state index >= 15 is 0 Å². The summed E-state index contributed by atoms with van der Waals surface area (Å²) in [4.78, 5) is 13.0. The zero-order valence-corrected chi connectivity index (χ0v) is 14.7. The molecule has 1 saturated heterocycles. The van der Waals surface area contributed by atoms with Gasteiger partial charge in [-0.05, 0) is 37.5 Å². The van der Waals surface area contributed by atoms with Gasteiger partial charge in [0.05, 0.1) is 12.0 Å². The number of rotatable bonds is 6. The molecule has 2 aromatic rings. The fraction of sp³-hybridized carbons (Fsp3) is 0.381. The maximum absolute atomic E-state index is 13.0. The van der Waals surface area contributed by atoms with Gasteiger partial charge in [-0.2, -0.15) is 0 Å². The Balaban J connectivity index is 1.58. The van der Waals surface area contributed by atoms with Crippen molar-refractivity contribution in [1.82, 2.24) is 5.32 Å². The van der Waals surface area contributed by atoms with E-state index in [1.807, 2.05) is 61.5 Å². The van der Waals surface area contributed by atoms with E-state index in [9.17, 15) is 4.79 Å². The molecular weight excluding hydrogens is 314 g/mol. The Morgan fingerprint density at radius 1 is 1.08 bits per heavy atom. The number of benzene rings is 2. The molecule has 0 unspecified atom stereocenters. The standard InChI is InChI=1S/C21H25NO3/c1-17-7-9-19(10-8-17)25-16-13-22-20(23)21(11-14-24-15-12-21)18-5-3-2-4-6-18/h2-10H,11-16H2,1H3,(H,22,23). The summed E-state index contributed by atoms with van der Waals surface area (Å²) < 4.78 is 11.2. The van der Waals surface area contributed by atoms with E-state index in [0.29, 0.717) is 39.2 Å². The van der Waals surface area contributed by atoms with Crippen LogP contribution in [0.5, 0.6) is 5.75 Å². The van der Waals surface area contributed by atoms with E-state index in [-0.39, 0.29) is 5.91 Å². The van der Waals surface area contributed by atoms with Gasteiger partial charge in [0.25, 0.3) is 0 Å². The number of carbonyl (C=O) groups is 1. The number of hydrogen-bond donors (Lipinski definition) is 1. The summed E-state index contributed by atoms with van der Waals surface area (Å²) in [7, 11) is 0. The van der Waals surface area contributed by atoms with E-state index in [0.717, 1.165) is 11.3 Å². The van der Waals surface area contributed by atoms with Crippen LogP contribution in [0.15, 0.2) is 54.6 Å². The fourth-order valence-corrected chi connectivity index (χ4v) is 3.26. The van der Waals surface area contributed by atoms with E-state index in [1.165, 1.54) is 5.56 Å². The minimum atomic E-state index is -0.497. The molecule has 0 spiro atoms. The van der Waals surface area contributed by atoms with Crippen LogP contribution in [0.1, 0.15) is 24.0 Å². The van der Waals surface area contributed by atoms with Gasteiger partial charge in [0.15, 0.2) is 0 Å². The summed E-state index contributed by atoms with van der Waals surface area (Å²) in [6.45, 7) is 4.21. The predicted octanol–water partition coefficient (Wildman–Crippen LogP) is 3.24. The van der Waals surface area contributed by atoms with Gasteiger partial charge in [-0.1, -0.05) is 48.0 Å². The minimum Gasteiger partial charge on any atom is -0.492 e. The lowest BCUT2D eigenvalue weighted by atomic mass is 9.73. The number of ether oxygens (including phenoxy) is 2. The summed E-state index contributed by atoms with van der Waals surface area (Å²) in [5, 5.41) is 3.05. The van der Waals surface area contributed by atoms with E-state index < -0.39 is 5.41 Å². The third kappa shape index (κ3) is 4.20. The molecule has 3 rings (SSSR count). The van der Waals surface area contributed by atoms with Gasteiger partial charge in [-0.25, -0.2) is 0 Å². The Hall–Kier alpha value is -2.33. The summed E-state index contributed by atoms with van der Waals surface area (Å²) in [6, 6.07) is 17.9. The van der Waals surface area contributed by atoms with E-state index in [2.05, 4.69) is 5.32 Å². The van der Waals surface area contributed by atoms with Crippen LogP contribution in [0.2, 0.25) is 0 Å². The molecule has 2 aromatic carbocycles. The highest BCUT2D eigenvalue weighted by Crippen LogP contribution is 2.35. The van der Waals surface area contributed by atoms with Crippen LogP contribution in [-0.4, -0.2) is 32.3 Å². The number of aryl methyl sites for hydroxylation is 1. The van der Waals surface area contributed by atoms with Crippen LogP contribution in [0.3, 0.4) is 0 Å². The predicted molar refractivity (Wildman–Crippen MR) is 97.9 cm³/mol. The molecule has 0 saturated carbocycles. The van der Waals surface area contributed by atoms with Crippen molar-refractivity contribution in [2.24, 2.45) is 0 Å². The quantitative estimate of drug-likeness (QED) is 0.822. The van der Waals surface area contributed by atoms with Crippen LogP contribution in [0, 0.1) is 6.92 Å². The lowest BCUT2D eigenvalue weighted by Gasteiger charge is -2.36. The Bertz CT molecular complexity index is 676. The first kappa shape index (κ1) is 17.5. The van der Waals surface area contributed by atoms with Crippen molar-refractivity contribution in [3.05, 3.63) is 65.7 Å². The van der Waals surface area contributed by atoms with Gasteiger partial charge in [-0.3, -0.25) is 4.79 Å². The first-order chi connectivity index (χ1) is 12.2. The van der Waals surface area contributed by atoms with Gasteiger partial charge >= 0.3 is 0 Å². The summed E-state index contributed by atoms with van der Waals surface area (Å²) in [5.74, 6) is 0.887. The minimum absolute atomic E-state index is 0.0644. The van der Waals surface area contributed by atoms with Crippen molar-refractivity contribution in [3.8, 4) is 5.75 Å². The van der Waals surface area contributed by atoms with Crippen LogP contribution < -0.4 is 10.1 Å². The largest absolute Gasteiger partial charge is 0.492 e. The molecule has 0 aliphatic carbocycles. The Labute approximate surface area is 149 Å². The second-order valence-electron chi connectivity index (χ2n) is 6.48. The third-order valence-electron chi connectivity index (χ3n) is 4.78. The van der Waals surface area contributed by atoms with Crippen LogP contribution in [0.4, 0.5) is 0 Å². The van der Waals surface area contributed by atoms with Crippen molar-refractivity contribution in [1.29, 1.82) is 0 Å². The van der Waals surface area contributed by atoms with Crippen molar-refractivity contribution >= 4 is 5.91 Å². The summed E-state index contributed by atoms with van der Waals surface area (Å²) >= 11 is 0. The summed E-state index contributed by atoms with van der Waals surface area (Å²) in [6.07, 6.45) is 1.42. The molecule has 1 fully saturated rings. The molecule has 0 bridgehead atoms. The van der Waals surface area contributed by atoms with Gasteiger partial charge in [-0.15, -0.1) is 0 Å². The van der Waals surface area contributed by atoms with Crippen LogP contribution >= 0.6 is 0 Å². The maximum atomic E-state index is 13.0. The highest BCUT2D eigenvalue weighted by atomic mass is 16.5. The smallest absolute Gasteiger partial charge is 0.230 e. The van der Waals surface area contributed by atoms with Gasteiger partial charge in [0.2, 0.25) is 5.91 Å². The number of hydrogen-bond acceptors (Lipinski definition) is 3. The maximum Gasteiger partial charge on any atom is 0.230 e. The highest BCUT2D eigenvalue weighted by molar-refractivity contribution is 5.88. The molecular formula is C21H25NO3. The lowest BCUT2D eigenvalue weighted by molar-refractivity contribution is -0.130. The van der Waals surface area contributed by atoms with Crippen molar-refractivity contribution < 1.29 is 14.3 Å². The number of nitrogens with one attached hydrogen (secondary N) is 1. The second kappa shape index (κ2) is 8.17. The molecule has 4 heteroatoms. The summed E-state index contributed by atoms with van der Waals surface area (Å²) in [5.41, 5.74) is 1.77. The molecule has 1 N–H and O–H groups in total. The molecule has 1 amide bonds. The number of carbonyl (C=O) groups excluding carboxylic acids is 1. The Kier molecular flexibility index (Phi) is 5.71. The lowest BCUT2D eigenvalue weighted by Crippen LogP contribution is -2.48. The van der Waals surface area contributed by atoms with Crippen LogP contribution in [0.25, 0.3) is 0 Å². The SMILES string of the molecule is Cc1ccc(OCCNC(=O)C2(c3ccccc3)CCOCC2)cc1. The zero-order valence-electron chi connectivity index (χ0n) is 14.7. The normalized spacial score (nSPS) is 16.2. The van der Waals surface area contributed by atoms with E-state index in [4.69, 9.17) is 9.47 Å². The van der Waals surface area contributed by atoms with Gasteiger partial charge in [0, 0.05) is 13.2 Å². The molecule has 0 radical (unpaired) electrons. The van der Waals surface area contributed by atoms with Crippen molar-refractivity contribution in [3.63, 3.8) is 0 Å². The van der Waals surface area contributed by atoms with Gasteiger partial charge in [0.1, 0.15) is 12.4 Å². The Morgan fingerprint density at radius 3 is 2.44 bits per heavy atom. The highest BCUT2D eigenvalue weighted by Gasteiger charge is 2.41. The van der Waals surface area contributed by atoms with E-state index in [1.54, 1.807) is 0 Å². The average molecular weight is 339 g/mol. The van der Waals surface area contributed by atoms with Crippen LogP contribution in [-0.2, 0) is 14.9 Å². The molecule has 25 heavy (non-hydrogen) atoms. The number of amides is 1. The first-order valence-corrected chi connectivity index (χ1v) is 8.82. The first-order valence-electron chi connectivity index (χ1n) is 8.82. The molecule has 1 aliphatic rings. The monoisotopic (exact) mass is 339 g/mol. The molecule has 1 aliphatic heterocycles. The molecule has 1 heterocycles. The van der Waals surface area contributed by atoms with Crippen molar-refractivity contribution in [2.45, 2.75) is 25.2 Å².